The van der Waals surface area contributed by atoms with Gasteiger partial charge >= 0.3 is 0 Å². The Kier molecular flexibility index (Phi) is 3.51. The smallest absolute Gasteiger partial charge is 0.269 e. The highest BCUT2D eigenvalue weighted by atomic mass is 16.1. The number of aromatic nitrogens is 1. The Bertz CT molecular complexity index is 470. The van der Waals surface area contributed by atoms with E-state index in [-0.39, 0.29) is 5.91 Å². The average molecular weight is 259 g/mol. The van der Waals surface area contributed by atoms with Crippen molar-refractivity contribution < 1.29 is 4.79 Å². The van der Waals surface area contributed by atoms with Crippen molar-refractivity contribution in [2.24, 2.45) is 5.92 Å². The summed E-state index contributed by atoms with van der Waals surface area (Å²) < 4.78 is 0. The number of likely N-dealkylation sites (tertiary alicyclic amines) is 1. The van der Waals surface area contributed by atoms with Crippen molar-refractivity contribution in [2.75, 3.05) is 20.1 Å². The van der Waals surface area contributed by atoms with Crippen molar-refractivity contribution in [1.82, 2.24) is 15.2 Å². The van der Waals surface area contributed by atoms with Crippen molar-refractivity contribution in [3.63, 3.8) is 0 Å². The zero-order valence-corrected chi connectivity index (χ0v) is 11.4. The van der Waals surface area contributed by atoms with Crippen molar-refractivity contribution in [2.45, 2.75) is 31.7 Å². The predicted octanol–water partition coefficient (Wildman–Crippen LogP) is 1.99. The number of pyridine rings is 1. The van der Waals surface area contributed by atoms with Crippen LogP contribution in [-0.4, -0.2) is 35.9 Å². The molecule has 1 N–H and O–H groups in total. The Balaban J connectivity index is 1.69. The lowest BCUT2D eigenvalue weighted by molar-refractivity contribution is 0.0946. The van der Waals surface area contributed by atoms with Crippen molar-refractivity contribution in [1.29, 1.82) is 0 Å². The summed E-state index contributed by atoms with van der Waals surface area (Å²) in [6.45, 7) is 1.93. The minimum Gasteiger partial charge on any atom is -0.350 e. The van der Waals surface area contributed by atoms with Crippen molar-refractivity contribution >= 4 is 5.91 Å². The first-order chi connectivity index (χ1) is 9.24. The van der Waals surface area contributed by atoms with Crippen LogP contribution < -0.4 is 5.32 Å². The maximum absolute atomic E-state index is 12.0. The molecule has 0 aromatic carbocycles. The minimum absolute atomic E-state index is 0.0330. The van der Waals surface area contributed by atoms with Gasteiger partial charge in [0.1, 0.15) is 5.69 Å². The van der Waals surface area contributed by atoms with E-state index in [4.69, 9.17) is 0 Å². The molecule has 1 aromatic heterocycles. The van der Waals surface area contributed by atoms with Gasteiger partial charge in [-0.05, 0) is 62.9 Å². The lowest BCUT2D eigenvalue weighted by Crippen LogP contribution is -2.27. The number of nitrogens with zero attached hydrogens (tertiary/aromatic N) is 2. The van der Waals surface area contributed by atoms with E-state index in [2.05, 4.69) is 22.2 Å². The highest BCUT2D eigenvalue weighted by molar-refractivity contribution is 5.92. The summed E-state index contributed by atoms with van der Waals surface area (Å²) in [5.74, 6) is 0.669. The Hall–Kier alpha value is -1.42. The Labute approximate surface area is 114 Å². The van der Waals surface area contributed by atoms with E-state index < -0.39 is 0 Å². The van der Waals surface area contributed by atoms with Crippen LogP contribution in [0.25, 0.3) is 0 Å². The molecule has 0 radical (unpaired) electrons. The fraction of sp³-hybridized carbons (Fsp3) is 0.600. The SMILES string of the molecule is CN1CCC[C@@H]1c1ccnc(C(=O)NCC2CC2)c1. The summed E-state index contributed by atoms with van der Waals surface area (Å²) in [4.78, 5) is 18.6. The third-order valence-electron chi connectivity index (χ3n) is 4.17. The van der Waals surface area contributed by atoms with Crippen LogP contribution in [0.3, 0.4) is 0 Å². The Morgan fingerprint density at radius 1 is 1.47 bits per heavy atom. The first-order valence-electron chi connectivity index (χ1n) is 7.18. The first-order valence-corrected chi connectivity index (χ1v) is 7.18. The summed E-state index contributed by atoms with van der Waals surface area (Å²) in [6, 6.07) is 4.43. The van der Waals surface area contributed by atoms with E-state index in [1.165, 1.54) is 31.2 Å². The molecule has 2 aliphatic rings. The number of rotatable bonds is 4. The first kappa shape index (κ1) is 12.6. The normalized spacial score (nSPS) is 23.5. The van der Waals surface area contributed by atoms with Crippen LogP contribution in [0.2, 0.25) is 0 Å². The van der Waals surface area contributed by atoms with Gasteiger partial charge in [-0.3, -0.25) is 14.7 Å². The molecule has 1 aliphatic carbocycles. The van der Waals surface area contributed by atoms with Crippen LogP contribution >= 0.6 is 0 Å². The number of carbonyl (C=O) groups is 1. The topological polar surface area (TPSA) is 45.2 Å². The lowest BCUT2D eigenvalue weighted by Gasteiger charge is -2.19. The highest BCUT2D eigenvalue weighted by Crippen LogP contribution is 2.30. The van der Waals surface area contributed by atoms with E-state index in [0.29, 0.717) is 17.7 Å². The van der Waals surface area contributed by atoms with Crippen LogP contribution in [0.1, 0.15) is 47.8 Å². The number of hydrogen-bond donors (Lipinski definition) is 1. The second kappa shape index (κ2) is 5.29. The zero-order chi connectivity index (χ0) is 13.2. The largest absolute Gasteiger partial charge is 0.350 e. The molecular formula is C15H21N3O. The maximum Gasteiger partial charge on any atom is 0.269 e. The molecule has 1 atom stereocenters. The van der Waals surface area contributed by atoms with Gasteiger partial charge < -0.3 is 5.32 Å². The summed E-state index contributed by atoms with van der Waals surface area (Å²) in [5, 5.41) is 2.97. The van der Waals surface area contributed by atoms with Gasteiger partial charge in [-0.25, -0.2) is 0 Å². The third kappa shape index (κ3) is 2.95. The number of nitrogens with one attached hydrogen (secondary N) is 1. The molecule has 1 aromatic rings. The predicted molar refractivity (Wildman–Crippen MR) is 73.9 cm³/mol. The monoisotopic (exact) mass is 259 g/mol. The Morgan fingerprint density at radius 3 is 3.00 bits per heavy atom. The quantitative estimate of drug-likeness (QED) is 0.899. The average Bonchev–Trinajstić information content (AvgIpc) is 3.17. The van der Waals surface area contributed by atoms with Gasteiger partial charge in [-0.1, -0.05) is 0 Å². The molecule has 0 bridgehead atoms. The van der Waals surface area contributed by atoms with Gasteiger partial charge in [0, 0.05) is 18.8 Å². The summed E-state index contributed by atoms with van der Waals surface area (Å²) in [5.41, 5.74) is 1.77. The van der Waals surface area contributed by atoms with E-state index in [1.54, 1.807) is 6.20 Å². The number of hydrogen-bond acceptors (Lipinski definition) is 3. The zero-order valence-electron chi connectivity index (χ0n) is 11.4. The molecule has 2 heterocycles. The molecule has 19 heavy (non-hydrogen) atoms. The van der Waals surface area contributed by atoms with E-state index in [1.807, 2.05) is 12.1 Å². The maximum atomic E-state index is 12.0. The van der Waals surface area contributed by atoms with Crippen LogP contribution in [0.4, 0.5) is 0 Å². The fourth-order valence-corrected chi connectivity index (χ4v) is 2.76. The standard InChI is InChI=1S/C15H21N3O/c1-18-8-2-3-14(18)12-6-7-16-13(9-12)15(19)17-10-11-4-5-11/h6-7,9,11,14H,2-5,8,10H2,1H3,(H,17,19)/t14-/m1/s1. The summed E-state index contributed by atoms with van der Waals surface area (Å²) in [7, 11) is 2.14. The van der Waals surface area contributed by atoms with E-state index >= 15 is 0 Å². The van der Waals surface area contributed by atoms with Gasteiger partial charge in [-0.2, -0.15) is 0 Å². The molecule has 2 fully saturated rings. The molecule has 4 heteroatoms. The summed E-state index contributed by atoms with van der Waals surface area (Å²) in [6.07, 6.45) is 6.66. The van der Waals surface area contributed by atoms with Crippen LogP contribution in [-0.2, 0) is 0 Å². The molecule has 1 amide bonds. The molecule has 0 unspecified atom stereocenters. The van der Waals surface area contributed by atoms with Crippen molar-refractivity contribution in [3.8, 4) is 0 Å². The number of carbonyl (C=O) groups excluding carboxylic acids is 1. The van der Waals surface area contributed by atoms with Gasteiger partial charge in [0.15, 0.2) is 0 Å². The summed E-state index contributed by atoms with van der Waals surface area (Å²) >= 11 is 0. The van der Waals surface area contributed by atoms with Gasteiger partial charge in [0.25, 0.3) is 5.91 Å². The minimum atomic E-state index is -0.0330. The molecular weight excluding hydrogens is 238 g/mol. The molecule has 1 saturated carbocycles. The third-order valence-corrected chi connectivity index (χ3v) is 4.17. The van der Waals surface area contributed by atoms with Crippen LogP contribution in [0, 0.1) is 5.92 Å². The highest BCUT2D eigenvalue weighted by Gasteiger charge is 2.24. The van der Waals surface area contributed by atoms with Gasteiger partial charge in [0.05, 0.1) is 0 Å². The fourth-order valence-electron chi connectivity index (χ4n) is 2.76. The van der Waals surface area contributed by atoms with Crippen LogP contribution in [0.5, 0.6) is 0 Å². The van der Waals surface area contributed by atoms with E-state index in [0.717, 1.165) is 13.1 Å². The molecule has 4 nitrogen and oxygen atoms in total. The van der Waals surface area contributed by atoms with Gasteiger partial charge in [0.2, 0.25) is 0 Å². The lowest BCUT2D eigenvalue weighted by atomic mass is 10.1. The molecule has 3 rings (SSSR count). The van der Waals surface area contributed by atoms with Crippen molar-refractivity contribution in [3.05, 3.63) is 29.6 Å². The number of amides is 1. The van der Waals surface area contributed by atoms with Crippen LogP contribution in [0.15, 0.2) is 18.3 Å². The molecule has 1 aliphatic heterocycles. The molecule has 0 spiro atoms. The Morgan fingerprint density at radius 2 is 2.32 bits per heavy atom. The molecule has 102 valence electrons. The van der Waals surface area contributed by atoms with Gasteiger partial charge in [-0.15, -0.1) is 0 Å². The molecule has 1 saturated heterocycles. The second-order valence-electron chi connectivity index (χ2n) is 5.77. The second-order valence-corrected chi connectivity index (χ2v) is 5.77. The van der Waals surface area contributed by atoms with E-state index in [9.17, 15) is 4.79 Å².